The molecule has 20 heavy (non-hydrogen) atoms. The lowest BCUT2D eigenvalue weighted by Crippen LogP contribution is -2.17. The SMILES string of the molecule is CCNC(C)c1nnc(CCc2ccc(OC)cc2)o1. The van der Waals surface area contributed by atoms with E-state index in [1.54, 1.807) is 7.11 Å². The summed E-state index contributed by atoms with van der Waals surface area (Å²) < 4.78 is 10.8. The molecule has 1 aromatic carbocycles. The molecule has 1 atom stereocenters. The number of ether oxygens (including phenoxy) is 1. The van der Waals surface area contributed by atoms with Crippen LogP contribution in [0.4, 0.5) is 0 Å². The molecule has 1 N–H and O–H groups in total. The molecule has 0 saturated heterocycles. The number of hydrogen-bond acceptors (Lipinski definition) is 5. The highest BCUT2D eigenvalue weighted by Crippen LogP contribution is 2.15. The molecule has 5 heteroatoms. The first-order chi connectivity index (χ1) is 9.72. The van der Waals surface area contributed by atoms with Gasteiger partial charge in [0.05, 0.1) is 13.2 Å². The van der Waals surface area contributed by atoms with Gasteiger partial charge in [-0.15, -0.1) is 10.2 Å². The van der Waals surface area contributed by atoms with E-state index in [-0.39, 0.29) is 6.04 Å². The maximum Gasteiger partial charge on any atom is 0.233 e. The van der Waals surface area contributed by atoms with Crippen LogP contribution in [0.5, 0.6) is 5.75 Å². The van der Waals surface area contributed by atoms with E-state index < -0.39 is 0 Å². The van der Waals surface area contributed by atoms with Crippen LogP contribution in [0.25, 0.3) is 0 Å². The van der Waals surface area contributed by atoms with Crippen LogP contribution in [-0.4, -0.2) is 23.9 Å². The average Bonchev–Trinajstić information content (AvgIpc) is 2.95. The third-order valence-corrected chi connectivity index (χ3v) is 3.15. The largest absolute Gasteiger partial charge is 0.497 e. The number of nitrogens with one attached hydrogen (secondary N) is 1. The van der Waals surface area contributed by atoms with Crippen LogP contribution in [0.1, 0.15) is 37.2 Å². The molecular formula is C15H21N3O2. The first kappa shape index (κ1) is 14.5. The second kappa shape index (κ2) is 7.05. The van der Waals surface area contributed by atoms with Crippen LogP contribution in [0.15, 0.2) is 28.7 Å². The van der Waals surface area contributed by atoms with Crippen molar-refractivity contribution < 1.29 is 9.15 Å². The first-order valence-electron chi connectivity index (χ1n) is 6.91. The van der Waals surface area contributed by atoms with Crippen LogP contribution in [-0.2, 0) is 12.8 Å². The van der Waals surface area contributed by atoms with Crippen molar-refractivity contribution in [3.05, 3.63) is 41.6 Å². The minimum Gasteiger partial charge on any atom is -0.497 e. The molecule has 2 aromatic rings. The smallest absolute Gasteiger partial charge is 0.233 e. The molecule has 0 aliphatic heterocycles. The summed E-state index contributed by atoms with van der Waals surface area (Å²) in [5.41, 5.74) is 1.23. The van der Waals surface area contributed by atoms with Gasteiger partial charge >= 0.3 is 0 Å². The van der Waals surface area contributed by atoms with Crippen molar-refractivity contribution in [2.75, 3.05) is 13.7 Å². The van der Waals surface area contributed by atoms with Crippen molar-refractivity contribution in [2.45, 2.75) is 32.7 Å². The van der Waals surface area contributed by atoms with Crippen LogP contribution >= 0.6 is 0 Å². The minimum atomic E-state index is 0.0993. The second-order valence-corrected chi connectivity index (χ2v) is 4.66. The Hall–Kier alpha value is -1.88. The van der Waals surface area contributed by atoms with Gasteiger partial charge in [0, 0.05) is 6.42 Å². The molecule has 0 bridgehead atoms. The Balaban J connectivity index is 1.90. The van der Waals surface area contributed by atoms with E-state index in [1.807, 2.05) is 19.1 Å². The fourth-order valence-electron chi connectivity index (χ4n) is 1.98. The lowest BCUT2D eigenvalue weighted by atomic mass is 10.1. The van der Waals surface area contributed by atoms with Gasteiger partial charge in [0.15, 0.2) is 0 Å². The highest BCUT2D eigenvalue weighted by molar-refractivity contribution is 5.27. The average molecular weight is 275 g/mol. The van der Waals surface area contributed by atoms with E-state index >= 15 is 0 Å². The quantitative estimate of drug-likeness (QED) is 0.841. The van der Waals surface area contributed by atoms with E-state index in [9.17, 15) is 0 Å². The third kappa shape index (κ3) is 3.81. The molecular weight excluding hydrogens is 254 g/mol. The first-order valence-corrected chi connectivity index (χ1v) is 6.91. The van der Waals surface area contributed by atoms with Gasteiger partial charge in [-0.3, -0.25) is 0 Å². The van der Waals surface area contributed by atoms with Crippen molar-refractivity contribution in [3.8, 4) is 5.75 Å². The molecule has 1 heterocycles. The number of methoxy groups -OCH3 is 1. The highest BCUT2D eigenvalue weighted by atomic mass is 16.5. The summed E-state index contributed by atoms with van der Waals surface area (Å²) >= 11 is 0. The minimum absolute atomic E-state index is 0.0993. The monoisotopic (exact) mass is 275 g/mol. The zero-order valence-corrected chi connectivity index (χ0v) is 12.2. The van der Waals surface area contributed by atoms with E-state index in [1.165, 1.54) is 5.56 Å². The Bertz CT molecular complexity index is 522. The van der Waals surface area contributed by atoms with Gasteiger partial charge in [-0.25, -0.2) is 0 Å². The van der Waals surface area contributed by atoms with Crippen LogP contribution in [0, 0.1) is 0 Å². The summed E-state index contributed by atoms with van der Waals surface area (Å²) in [6.45, 7) is 4.95. The molecule has 108 valence electrons. The van der Waals surface area contributed by atoms with Crippen LogP contribution in [0.2, 0.25) is 0 Å². The van der Waals surface area contributed by atoms with Crippen LogP contribution in [0.3, 0.4) is 0 Å². The Labute approximate surface area is 119 Å². The number of benzene rings is 1. The molecule has 0 spiro atoms. The molecule has 0 amide bonds. The molecule has 0 radical (unpaired) electrons. The summed E-state index contributed by atoms with van der Waals surface area (Å²) in [7, 11) is 1.67. The van der Waals surface area contributed by atoms with Crippen molar-refractivity contribution in [2.24, 2.45) is 0 Å². The fraction of sp³-hybridized carbons (Fsp3) is 0.467. The summed E-state index contributed by atoms with van der Waals surface area (Å²) in [5.74, 6) is 2.20. The molecule has 0 aliphatic rings. The number of aryl methyl sites for hydroxylation is 2. The fourth-order valence-corrected chi connectivity index (χ4v) is 1.98. The highest BCUT2D eigenvalue weighted by Gasteiger charge is 2.12. The van der Waals surface area contributed by atoms with E-state index in [0.717, 1.165) is 25.1 Å². The summed E-state index contributed by atoms with van der Waals surface area (Å²) in [4.78, 5) is 0. The lowest BCUT2D eigenvalue weighted by Gasteiger charge is -2.05. The lowest BCUT2D eigenvalue weighted by molar-refractivity contribution is 0.396. The van der Waals surface area contributed by atoms with Crippen molar-refractivity contribution >= 4 is 0 Å². The van der Waals surface area contributed by atoms with Gasteiger partial charge in [-0.1, -0.05) is 19.1 Å². The van der Waals surface area contributed by atoms with Gasteiger partial charge in [-0.2, -0.15) is 0 Å². The Morgan fingerprint density at radius 1 is 1.20 bits per heavy atom. The van der Waals surface area contributed by atoms with E-state index in [4.69, 9.17) is 9.15 Å². The summed E-state index contributed by atoms with van der Waals surface area (Å²) in [6.07, 6.45) is 1.62. The molecule has 0 saturated carbocycles. The molecule has 5 nitrogen and oxygen atoms in total. The van der Waals surface area contributed by atoms with Gasteiger partial charge in [-0.05, 0) is 37.6 Å². The molecule has 1 aromatic heterocycles. The molecule has 0 aliphatic carbocycles. The molecule has 2 rings (SSSR count). The predicted molar refractivity (Wildman–Crippen MR) is 76.8 cm³/mol. The van der Waals surface area contributed by atoms with Gasteiger partial charge < -0.3 is 14.5 Å². The predicted octanol–water partition coefficient (Wildman–Crippen LogP) is 2.53. The van der Waals surface area contributed by atoms with Crippen LogP contribution < -0.4 is 10.1 Å². The van der Waals surface area contributed by atoms with Crippen molar-refractivity contribution in [1.29, 1.82) is 0 Å². The molecule has 0 fully saturated rings. The standard InChI is InChI=1S/C15H21N3O2/c1-4-16-11(2)15-18-17-14(20-15)10-7-12-5-8-13(19-3)9-6-12/h5-6,8-9,11,16H,4,7,10H2,1-3H3. The Kier molecular flexibility index (Phi) is 5.12. The van der Waals surface area contributed by atoms with E-state index in [0.29, 0.717) is 11.8 Å². The zero-order valence-electron chi connectivity index (χ0n) is 12.2. The number of rotatable bonds is 7. The maximum atomic E-state index is 5.66. The Morgan fingerprint density at radius 2 is 1.95 bits per heavy atom. The van der Waals surface area contributed by atoms with Gasteiger partial charge in [0.1, 0.15) is 5.75 Å². The topological polar surface area (TPSA) is 60.2 Å². The normalized spacial score (nSPS) is 12.3. The number of hydrogen-bond donors (Lipinski definition) is 1. The maximum absolute atomic E-state index is 5.66. The third-order valence-electron chi connectivity index (χ3n) is 3.15. The zero-order chi connectivity index (χ0) is 14.4. The molecule has 1 unspecified atom stereocenters. The summed E-state index contributed by atoms with van der Waals surface area (Å²) in [5, 5.41) is 11.4. The Morgan fingerprint density at radius 3 is 2.60 bits per heavy atom. The van der Waals surface area contributed by atoms with E-state index in [2.05, 4.69) is 34.6 Å². The van der Waals surface area contributed by atoms with Gasteiger partial charge in [0.2, 0.25) is 11.8 Å². The van der Waals surface area contributed by atoms with Gasteiger partial charge in [0.25, 0.3) is 0 Å². The number of nitrogens with zero attached hydrogens (tertiary/aromatic N) is 2. The number of aromatic nitrogens is 2. The summed E-state index contributed by atoms with van der Waals surface area (Å²) in [6, 6.07) is 8.13. The second-order valence-electron chi connectivity index (χ2n) is 4.66. The van der Waals surface area contributed by atoms with Crippen molar-refractivity contribution in [1.82, 2.24) is 15.5 Å². The van der Waals surface area contributed by atoms with Crippen molar-refractivity contribution in [3.63, 3.8) is 0 Å².